The van der Waals surface area contributed by atoms with Gasteiger partial charge in [-0.15, -0.1) is 0 Å². The topological polar surface area (TPSA) is 59.1 Å². The van der Waals surface area contributed by atoms with Crippen LogP contribution in [0.15, 0.2) is 22.7 Å². The van der Waals surface area contributed by atoms with Crippen LogP contribution in [0.2, 0.25) is 0 Å². The third-order valence-corrected chi connectivity index (χ3v) is 3.36. The van der Waals surface area contributed by atoms with Gasteiger partial charge >= 0.3 is 0 Å². The maximum absolute atomic E-state index is 13.1. The second kappa shape index (κ2) is 4.64. The molecule has 3 nitrogen and oxygen atoms in total. The first-order valence-corrected chi connectivity index (χ1v) is 6.20. The minimum atomic E-state index is -0.328. The molecule has 1 fully saturated rings. The molecule has 0 unspecified atom stereocenters. The fourth-order valence-electron chi connectivity index (χ4n) is 1.80. The van der Waals surface area contributed by atoms with Crippen molar-refractivity contribution in [3.63, 3.8) is 0 Å². The highest BCUT2D eigenvalue weighted by Gasteiger charge is 2.43. The molecule has 0 atom stereocenters. The van der Waals surface area contributed by atoms with Gasteiger partial charge in [0, 0.05) is 22.4 Å². The molecule has 0 bridgehead atoms. The number of nitrogens with two attached hydrogens (primary N) is 1. The van der Waals surface area contributed by atoms with E-state index in [1.807, 2.05) is 0 Å². The van der Waals surface area contributed by atoms with Gasteiger partial charge in [-0.3, -0.25) is 5.41 Å². The van der Waals surface area contributed by atoms with Gasteiger partial charge in [-0.1, -0.05) is 15.9 Å². The van der Waals surface area contributed by atoms with Gasteiger partial charge < -0.3 is 10.5 Å². The molecule has 5 heteroatoms. The molecule has 0 radical (unpaired) electrons. The number of rotatable bonds is 5. The Morgan fingerprint density at radius 3 is 2.71 bits per heavy atom. The molecule has 0 aliphatic heterocycles. The lowest BCUT2D eigenvalue weighted by atomic mass is 10.0. The Kier molecular flexibility index (Phi) is 3.38. The van der Waals surface area contributed by atoms with E-state index in [0.717, 1.165) is 12.8 Å². The minimum Gasteiger partial charge on any atom is -0.493 e. The van der Waals surface area contributed by atoms with Gasteiger partial charge in [0.05, 0.1) is 12.4 Å². The van der Waals surface area contributed by atoms with Gasteiger partial charge in [-0.05, 0) is 25.0 Å². The van der Waals surface area contributed by atoms with Crippen LogP contribution >= 0.6 is 15.9 Å². The second-order valence-corrected chi connectivity index (χ2v) is 5.51. The zero-order valence-electron chi connectivity index (χ0n) is 9.30. The number of benzene rings is 1. The van der Waals surface area contributed by atoms with E-state index in [2.05, 4.69) is 15.9 Å². The molecule has 1 aliphatic rings. The van der Waals surface area contributed by atoms with Crippen molar-refractivity contribution in [3.8, 4) is 5.75 Å². The average molecular weight is 301 g/mol. The lowest BCUT2D eigenvalue weighted by molar-refractivity contribution is 0.237. The van der Waals surface area contributed by atoms with Crippen molar-refractivity contribution in [2.75, 3.05) is 6.61 Å². The Balaban J connectivity index is 1.96. The van der Waals surface area contributed by atoms with Gasteiger partial charge in [-0.25, -0.2) is 4.39 Å². The molecule has 0 spiro atoms. The predicted molar refractivity (Wildman–Crippen MR) is 67.8 cm³/mol. The summed E-state index contributed by atoms with van der Waals surface area (Å²) in [6.45, 7) is 0.489. The van der Waals surface area contributed by atoms with Crippen molar-refractivity contribution in [1.82, 2.24) is 0 Å². The van der Waals surface area contributed by atoms with Crippen LogP contribution in [0.4, 0.5) is 4.39 Å². The number of nitrogens with one attached hydrogen (secondary N) is 1. The Morgan fingerprint density at radius 1 is 1.47 bits per heavy atom. The van der Waals surface area contributed by atoms with Gasteiger partial charge in [0.15, 0.2) is 0 Å². The van der Waals surface area contributed by atoms with E-state index in [0.29, 0.717) is 23.2 Å². The molecule has 17 heavy (non-hydrogen) atoms. The van der Waals surface area contributed by atoms with Crippen LogP contribution < -0.4 is 10.5 Å². The summed E-state index contributed by atoms with van der Waals surface area (Å²) in [4.78, 5) is 0. The molecular weight excluding hydrogens is 287 g/mol. The minimum absolute atomic E-state index is 0.00459. The molecule has 3 N–H and O–H groups in total. The highest BCUT2D eigenvalue weighted by atomic mass is 79.9. The summed E-state index contributed by atoms with van der Waals surface area (Å²) in [5, 5.41) is 7.30. The van der Waals surface area contributed by atoms with E-state index >= 15 is 0 Å². The smallest absolute Gasteiger partial charge is 0.128 e. The van der Waals surface area contributed by atoms with Crippen LogP contribution in [0.3, 0.4) is 0 Å². The average Bonchev–Trinajstić information content (AvgIpc) is 2.93. The Morgan fingerprint density at radius 2 is 2.18 bits per heavy atom. The maximum Gasteiger partial charge on any atom is 0.128 e. The van der Waals surface area contributed by atoms with Crippen LogP contribution in [0.5, 0.6) is 5.75 Å². The first-order chi connectivity index (χ1) is 7.99. The van der Waals surface area contributed by atoms with E-state index in [9.17, 15) is 4.39 Å². The van der Waals surface area contributed by atoms with Gasteiger partial charge in [0.1, 0.15) is 11.6 Å². The standard InChI is InChI=1S/C12H14BrFN2O/c13-8-3-9(14)5-10(4-8)17-7-12(1-2-12)6-11(15)16/h3-5H,1-2,6-7H2,(H3,15,16). The molecule has 1 aromatic rings. The molecule has 1 saturated carbocycles. The van der Waals surface area contributed by atoms with E-state index in [1.54, 1.807) is 6.07 Å². The number of ether oxygens (including phenoxy) is 1. The number of hydrogen-bond acceptors (Lipinski definition) is 2. The highest BCUT2D eigenvalue weighted by molar-refractivity contribution is 9.10. The summed E-state index contributed by atoms with van der Waals surface area (Å²) in [5.41, 5.74) is 5.40. The third kappa shape index (κ3) is 3.43. The lowest BCUT2D eigenvalue weighted by Gasteiger charge is -2.15. The summed E-state index contributed by atoms with van der Waals surface area (Å²) in [7, 11) is 0. The highest BCUT2D eigenvalue weighted by Crippen LogP contribution is 2.48. The molecule has 0 saturated heterocycles. The quantitative estimate of drug-likeness (QED) is 0.648. The van der Waals surface area contributed by atoms with E-state index < -0.39 is 0 Å². The monoisotopic (exact) mass is 300 g/mol. The maximum atomic E-state index is 13.1. The summed E-state index contributed by atoms with van der Waals surface area (Å²) < 4.78 is 19.3. The van der Waals surface area contributed by atoms with Gasteiger partial charge in [0.2, 0.25) is 0 Å². The Labute approximate surface area is 108 Å². The number of hydrogen-bond donors (Lipinski definition) is 2. The van der Waals surface area contributed by atoms with Crippen molar-refractivity contribution in [2.24, 2.45) is 11.1 Å². The van der Waals surface area contributed by atoms with Crippen molar-refractivity contribution in [1.29, 1.82) is 5.41 Å². The molecule has 0 heterocycles. The summed E-state index contributed by atoms with van der Waals surface area (Å²) >= 11 is 3.22. The van der Waals surface area contributed by atoms with Crippen LogP contribution in [0, 0.1) is 16.6 Å². The van der Waals surface area contributed by atoms with E-state index in [-0.39, 0.29) is 17.1 Å². The molecule has 0 aromatic heterocycles. The van der Waals surface area contributed by atoms with Crippen LogP contribution in [0.25, 0.3) is 0 Å². The molecule has 92 valence electrons. The largest absolute Gasteiger partial charge is 0.493 e. The Hall–Kier alpha value is -1.10. The van der Waals surface area contributed by atoms with Crippen LogP contribution in [-0.2, 0) is 0 Å². The molecule has 1 aromatic carbocycles. The summed E-state index contributed by atoms with van der Waals surface area (Å²) in [6, 6.07) is 4.47. The lowest BCUT2D eigenvalue weighted by Crippen LogP contribution is -2.21. The summed E-state index contributed by atoms with van der Waals surface area (Å²) in [6.07, 6.45) is 2.59. The first kappa shape index (κ1) is 12.4. The SMILES string of the molecule is N=C(N)CC1(COc2cc(F)cc(Br)c2)CC1. The fourth-order valence-corrected chi connectivity index (χ4v) is 2.25. The molecule has 1 aliphatic carbocycles. The second-order valence-electron chi connectivity index (χ2n) is 4.60. The molecule has 0 amide bonds. The summed E-state index contributed by atoms with van der Waals surface area (Å²) in [5.74, 6) is 0.365. The van der Waals surface area contributed by atoms with Crippen molar-refractivity contribution < 1.29 is 9.13 Å². The van der Waals surface area contributed by atoms with Crippen molar-refractivity contribution in [2.45, 2.75) is 19.3 Å². The fraction of sp³-hybridized carbons (Fsp3) is 0.417. The van der Waals surface area contributed by atoms with Crippen molar-refractivity contribution in [3.05, 3.63) is 28.5 Å². The van der Waals surface area contributed by atoms with Crippen LogP contribution in [0.1, 0.15) is 19.3 Å². The zero-order valence-corrected chi connectivity index (χ0v) is 10.9. The number of halogens is 2. The molecular formula is C12H14BrFN2O. The van der Waals surface area contributed by atoms with Gasteiger partial charge in [-0.2, -0.15) is 0 Å². The van der Waals surface area contributed by atoms with Crippen LogP contribution in [-0.4, -0.2) is 12.4 Å². The predicted octanol–water partition coefficient (Wildman–Crippen LogP) is 3.07. The zero-order chi connectivity index (χ0) is 12.5. The molecule has 2 rings (SSSR count). The number of amidine groups is 1. The normalized spacial score (nSPS) is 16.6. The van der Waals surface area contributed by atoms with E-state index in [4.69, 9.17) is 15.9 Å². The first-order valence-electron chi connectivity index (χ1n) is 5.41. The van der Waals surface area contributed by atoms with E-state index in [1.165, 1.54) is 12.1 Å². The van der Waals surface area contributed by atoms with Crippen molar-refractivity contribution >= 4 is 21.8 Å². The Bertz CT molecular complexity index is 426. The van der Waals surface area contributed by atoms with Gasteiger partial charge in [0.25, 0.3) is 0 Å². The third-order valence-electron chi connectivity index (χ3n) is 2.90.